The van der Waals surface area contributed by atoms with E-state index in [2.05, 4.69) is 60.2 Å². The van der Waals surface area contributed by atoms with Crippen molar-refractivity contribution in [1.29, 1.82) is 0 Å². The molecule has 0 saturated heterocycles. The van der Waals surface area contributed by atoms with Crippen molar-refractivity contribution >= 4 is 43.2 Å². The molecule has 0 radical (unpaired) electrons. The summed E-state index contributed by atoms with van der Waals surface area (Å²) in [5.74, 6) is 0. The quantitative estimate of drug-likeness (QED) is 0.221. The Bertz CT molecular complexity index is 390. The van der Waals surface area contributed by atoms with E-state index in [0.29, 0.717) is 5.11 Å². The van der Waals surface area contributed by atoms with Crippen LogP contribution in [0.5, 0.6) is 0 Å². The second-order valence-corrected chi connectivity index (χ2v) is 5.27. The van der Waals surface area contributed by atoms with E-state index >= 15 is 0 Å². The van der Waals surface area contributed by atoms with Crippen LogP contribution in [0.25, 0.3) is 5.43 Å². The molecule has 0 aromatic carbocycles. The van der Waals surface area contributed by atoms with Gasteiger partial charge >= 0.3 is 33.3 Å². The van der Waals surface area contributed by atoms with Gasteiger partial charge in [0.05, 0.1) is 5.69 Å². The van der Waals surface area contributed by atoms with Crippen LogP contribution in [0, 0.1) is 0 Å². The predicted molar refractivity (Wildman–Crippen MR) is 83.6 cm³/mol. The summed E-state index contributed by atoms with van der Waals surface area (Å²) in [6.07, 6.45) is 2.76. The van der Waals surface area contributed by atoms with Crippen LogP contribution in [0.1, 0.15) is 26.0 Å². The Morgan fingerprint density at radius 1 is 1.53 bits per heavy atom. The Hall–Kier alpha value is -0.231. The molecule has 0 aliphatic heterocycles. The third kappa shape index (κ3) is 10.2. The fraction of sp³-hybridized carbons (Fsp3) is 0.364. The van der Waals surface area contributed by atoms with E-state index in [1.54, 1.807) is 6.20 Å². The van der Waals surface area contributed by atoms with Gasteiger partial charge in [-0.15, -0.1) is 0 Å². The van der Waals surface area contributed by atoms with Crippen molar-refractivity contribution in [3.05, 3.63) is 35.5 Å². The van der Waals surface area contributed by atoms with Crippen molar-refractivity contribution in [2.45, 2.75) is 20.3 Å². The zero-order valence-corrected chi connectivity index (χ0v) is 13.9. The molecule has 0 fully saturated rings. The van der Waals surface area contributed by atoms with Crippen LogP contribution in [-0.2, 0) is 25.4 Å². The van der Waals surface area contributed by atoms with Crippen molar-refractivity contribution < 1.29 is 13.1 Å². The van der Waals surface area contributed by atoms with Crippen LogP contribution in [0.4, 0.5) is 0 Å². The first-order chi connectivity index (χ1) is 9.15. The average molecular weight is 371 g/mol. The maximum atomic E-state index is 4.67. The van der Waals surface area contributed by atoms with Gasteiger partial charge in [-0.05, 0) is 25.5 Å². The summed E-state index contributed by atoms with van der Waals surface area (Å²) in [6, 6.07) is 5.68. The molecule has 0 saturated carbocycles. The van der Waals surface area contributed by atoms with Gasteiger partial charge in [0.25, 0.3) is 0 Å². The minimum absolute atomic E-state index is 0.525. The Morgan fingerprint density at radius 2 is 2.21 bits per heavy atom. The number of pyridine rings is 1. The van der Waals surface area contributed by atoms with Crippen molar-refractivity contribution in [1.82, 2.24) is 10.3 Å². The van der Waals surface area contributed by atoms with Gasteiger partial charge in [-0.3, -0.25) is 10.3 Å². The van der Waals surface area contributed by atoms with Crippen LogP contribution in [0.15, 0.2) is 29.5 Å². The Labute approximate surface area is 134 Å². The first-order valence-corrected chi connectivity index (χ1v) is 8.47. The Balaban J connectivity index is 0.000000982. The Morgan fingerprint density at radius 3 is 2.74 bits per heavy atom. The molecular formula is C11H16Cl2CuN4S. The molecule has 0 atom stereocenters. The summed E-state index contributed by atoms with van der Waals surface area (Å²) in [5.41, 5.74) is 5.55. The van der Waals surface area contributed by atoms with Crippen LogP contribution in [0.2, 0.25) is 0 Å². The van der Waals surface area contributed by atoms with Crippen molar-refractivity contribution in [2.24, 2.45) is 5.10 Å². The van der Waals surface area contributed by atoms with Crippen molar-refractivity contribution in [2.75, 3.05) is 6.54 Å². The number of nitrogens with one attached hydrogen (secondary N) is 1. The van der Waals surface area contributed by atoms with Gasteiger partial charge in [-0.25, -0.2) is 0 Å². The molecule has 1 rings (SSSR count). The molecule has 1 N–H and O–H groups in total. The number of rotatable bonds is 4. The molecule has 0 unspecified atom stereocenters. The molecule has 0 aliphatic rings. The molecule has 4 nitrogen and oxygen atoms in total. The summed E-state index contributed by atoms with van der Waals surface area (Å²) < 4.78 is 0. The molecule has 8 heteroatoms. The summed E-state index contributed by atoms with van der Waals surface area (Å²) in [4.78, 5) is 4.17. The number of nitrogens with zero attached hydrogens (tertiary/aromatic N) is 3. The van der Waals surface area contributed by atoms with Gasteiger partial charge in [0.15, 0.2) is 17.3 Å². The summed E-state index contributed by atoms with van der Waals surface area (Å²) >= 11 is 4.92. The zero-order chi connectivity index (χ0) is 14.5. The molecule has 0 amide bonds. The number of hydrogen-bond donors (Lipinski definition) is 1. The maximum absolute atomic E-state index is 4.67. The number of halogens is 2. The van der Waals surface area contributed by atoms with E-state index in [1.807, 2.05) is 25.1 Å². The van der Waals surface area contributed by atoms with Crippen LogP contribution in [-0.4, -0.2) is 22.4 Å². The van der Waals surface area contributed by atoms with E-state index in [1.165, 1.54) is 0 Å². The van der Waals surface area contributed by atoms with E-state index in [9.17, 15) is 0 Å². The van der Waals surface area contributed by atoms with Crippen LogP contribution in [0.3, 0.4) is 0 Å². The standard InChI is InChI=1S/C11H16N4S.2ClH.Cu/c1-3-7-13-11(16)15-14-9(2)10-6-4-5-8-12-10;;;/h4-6,8H,3,7H2,1-2H3,(H2,12,13,15,16);2*1H;/q;;;+2/p-2. The minimum atomic E-state index is 0.525. The van der Waals surface area contributed by atoms with Gasteiger partial charge < -0.3 is 10.5 Å². The zero-order valence-electron chi connectivity index (χ0n) is 10.6. The molecule has 0 aliphatic carbocycles. The molecule has 0 bridgehead atoms. The summed E-state index contributed by atoms with van der Waals surface area (Å²) in [5, 5.41) is 7.60. The molecule has 19 heavy (non-hydrogen) atoms. The second kappa shape index (κ2) is 12.8. The van der Waals surface area contributed by atoms with Gasteiger partial charge in [0.1, 0.15) is 0 Å². The molecular weight excluding hydrogens is 355 g/mol. The van der Waals surface area contributed by atoms with Gasteiger partial charge in [-0.2, -0.15) is 0 Å². The fourth-order valence-electron chi connectivity index (χ4n) is 1.02. The fourth-order valence-corrected chi connectivity index (χ4v) is 1.18. The number of thiol groups is 1. The predicted octanol–water partition coefficient (Wildman–Crippen LogP) is 2.92. The molecule has 1 aromatic rings. The average Bonchev–Trinajstić information content (AvgIpc) is 2.44. The van der Waals surface area contributed by atoms with Gasteiger partial charge in [0, 0.05) is 18.5 Å². The Kier molecular flexibility index (Phi) is 12.6. The molecule has 111 valence electrons. The van der Waals surface area contributed by atoms with Gasteiger partial charge in [0.2, 0.25) is 0 Å². The van der Waals surface area contributed by atoms with E-state index in [-0.39, 0.29) is 0 Å². The third-order valence-electron chi connectivity index (χ3n) is 1.86. The molecule has 0 spiro atoms. The second-order valence-electron chi connectivity index (χ2n) is 3.29. The van der Waals surface area contributed by atoms with Gasteiger partial charge in [-0.1, -0.05) is 13.0 Å². The van der Waals surface area contributed by atoms with E-state index in [4.69, 9.17) is 0 Å². The third-order valence-corrected chi connectivity index (χ3v) is 2.11. The van der Waals surface area contributed by atoms with Crippen molar-refractivity contribution in [3.63, 3.8) is 0 Å². The van der Waals surface area contributed by atoms with Crippen LogP contribution < -0.4 is 5.32 Å². The number of hydrogen-bond acceptors (Lipinski definition) is 2. The van der Waals surface area contributed by atoms with Crippen molar-refractivity contribution in [3.8, 4) is 0 Å². The SMILES string of the molecule is CCCNC(=[SH+])[N-]N=C(C)c1ccccn1.[Cl][Cu][Cl]. The molecule has 1 aromatic heterocycles. The topological polar surface area (TPSA) is 51.4 Å². The first kappa shape index (κ1) is 18.8. The normalized spacial score (nSPS) is 10.6. The monoisotopic (exact) mass is 369 g/mol. The first-order valence-electron chi connectivity index (χ1n) is 5.43. The summed E-state index contributed by atoms with van der Waals surface area (Å²) in [7, 11) is 9.34. The summed E-state index contributed by atoms with van der Waals surface area (Å²) in [6.45, 7) is 4.80. The number of aromatic nitrogens is 1. The van der Waals surface area contributed by atoms with Crippen LogP contribution >= 0.6 is 20.2 Å². The van der Waals surface area contributed by atoms with E-state index < -0.39 is 0 Å². The van der Waals surface area contributed by atoms with E-state index in [0.717, 1.165) is 37.5 Å². The molecule has 1 heterocycles.